The number of hydrogen-bond acceptors (Lipinski definition) is 4. The van der Waals surface area contributed by atoms with Gasteiger partial charge in [-0.15, -0.1) is 0 Å². The molecule has 1 heterocycles. The predicted molar refractivity (Wildman–Crippen MR) is 116 cm³/mol. The van der Waals surface area contributed by atoms with Gasteiger partial charge in [-0.2, -0.15) is 0 Å². The van der Waals surface area contributed by atoms with Crippen molar-refractivity contribution in [1.82, 2.24) is 10.3 Å². The van der Waals surface area contributed by atoms with E-state index in [1.54, 1.807) is 43.6 Å². The number of nitrogens with one attached hydrogen (secondary N) is 1. The maximum absolute atomic E-state index is 13.2. The van der Waals surface area contributed by atoms with E-state index >= 15 is 0 Å². The lowest BCUT2D eigenvalue weighted by atomic mass is 10.0. The molecular weight excluding hydrogens is 395 g/mol. The standard InChI is InChI=1S/C25H21FN2O3/c1-16(17-10-12-19(26)13-11-17)28-24(29)21-8-3-4-9-22(21)25-27-15-23(31-25)18-6-5-7-20(14-18)30-2/h3-16H,1-2H3,(H,28,29)/t16-/m0/s1. The molecule has 0 saturated carbocycles. The van der Waals surface area contributed by atoms with Crippen molar-refractivity contribution in [2.75, 3.05) is 7.11 Å². The molecular formula is C25H21FN2O3. The molecule has 156 valence electrons. The Labute approximate surface area is 179 Å². The van der Waals surface area contributed by atoms with Gasteiger partial charge in [0.15, 0.2) is 5.76 Å². The van der Waals surface area contributed by atoms with Crippen molar-refractivity contribution in [1.29, 1.82) is 0 Å². The Morgan fingerprint density at radius 2 is 1.84 bits per heavy atom. The lowest BCUT2D eigenvalue weighted by Gasteiger charge is -2.15. The van der Waals surface area contributed by atoms with Crippen LogP contribution in [0, 0.1) is 5.82 Å². The molecule has 31 heavy (non-hydrogen) atoms. The van der Waals surface area contributed by atoms with E-state index in [1.807, 2.05) is 37.3 Å². The summed E-state index contributed by atoms with van der Waals surface area (Å²) in [6.07, 6.45) is 1.62. The second-order valence-corrected chi connectivity index (χ2v) is 7.05. The number of carbonyl (C=O) groups is 1. The Kier molecular flexibility index (Phi) is 5.80. The molecule has 1 atom stereocenters. The number of amides is 1. The van der Waals surface area contributed by atoms with Gasteiger partial charge in [0.1, 0.15) is 11.6 Å². The van der Waals surface area contributed by atoms with Crippen LogP contribution in [0.4, 0.5) is 4.39 Å². The number of carbonyl (C=O) groups excluding carboxylic acids is 1. The van der Waals surface area contributed by atoms with Crippen LogP contribution in [0.5, 0.6) is 5.75 Å². The molecule has 0 fully saturated rings. The maximum atomic E-state index is 13.2. The van der Waals surface area contributed by atoms with E-state index in [4.69, 9.17) is 9.15 Å². The molecule has 1 N–H and O–H groups in total. The fraction of sp³-hybridized carbons (Fsp3) is 0.120. The highest BCUT2D eigenvalue weighted by atomic mass is 19.1. The lowest BCUT2D eigenvalue weighted by molar-refractivity contribution is 0.0940. The average Bonchev–Trinajstić information content (AvgIpc) is 3.30. The number of rotatable bonds is 6. The van der Waals surface area contributed by atoms with Gasteiger partial charge in [0.2, 0.25) is 5.89 Å². The molecule has 4 rings (SSSR count). The Balaban J connectivity index is 1.59. The molecule has 5 nitrogen and oxygen atoms in total. The van der Waals surface area contributed by atoms with Crippen LogP contribution in [-0.4, -0.2) is 18.0 Å². The minimum Gasteiger partial charge on any atom is -0.497 e. The van der Waals surface area contributed by atoms with Crippen molar-refractivity contribution in [3.8, 4) is 28.5 Å². The Bertz CT molecular complexity index is 1200. The number of halogens is 1. The minimum absolute atomic E-state index is 0.270. The van der Waals surface area contributed by atoms with Crippen LogP contribution in [0.15, 0.2) is 83.4 Å². The summed E-state index contributed by atoms with van der Waals surface area (Å²) in [7, 11) is 1.60. The van der Waals surface area contributed by atoms with Crippen molar-refractivity contribution < 1.29 is 18.3 Å². The summed E-state index contributed by atoms with van der Waals surface area (Å²) in [5.41, 5.74) is 2.66. The van der Waals surface area contributed by atoms with Gasteiger partial charge in [0.05, 0.1) is 24.9 Å². The molecule has 4 aromatic rings. The Morgan fingerprint density at radius 1 is 1.06 bits per heavy atom. The fourth-order valence-electron chi connectivity index (χ4n) is 3.29. The van der Waals surface area contributed by atoms with Gasteiger partial charge in [-0.3, -0.25) is 4.79 Å². The highest BCUT2D eigenvalue weighted by Crippen LogP contribution is 2.30. The maximum Gasteiger partial charge on any atom is 0.252 e. The largest absolute Gasteiger partial charge is 0.497 e. The first-order chi connectivity index (χ1) is 15.0. The van der Waals surface area contributed by atoms with Crippen LogP contribution in [0.2, 0.25) is 0 Å². The summed E-state index contributed by atoms with van der Waals surface area (Å²) in [5.74, 6) is 1.05. The highest BCUT2D eigenvalue weighted by molar-refractivity contribution is 6.00. The topological polar surface area (TPSA) is 64.4 Å². The van der Waals surface area contributed by atoms with E-state index in [1.165, 1.54) is 12.1 Å². The monoisotopic (exact) mass is 416 g/mol. The fourth-order valence-corrected chi connectivity index (χ4v) is 3.29. The average molecular weight is 416 g/mol. The molecule has 0 spiro atoms. The zero-order chi connectivity index (χ0) is 21.8. The summed E-state index contributed by atoms with van der Waals surface area (Å²) in [6, 6.07) is 20.4. The number of aromatic nitrogens is 1. The number of hydrogen-bond donors (Lipinski definition) is 1. The number of methoxy groups -OCH3 is 1. The molecule has 0 saturated heterocycles. The van der Waals surface area contributed by atoms with Crippen LogP contribution >= 0.6 is 0 Å². The van der Waals surface area contributed by atoms with Gasteiger partial charge in [-0.25, -0.2) is 9.37 Å². The van der Waals surface area contributed by atoms with Crippen LogP contribution < -0.4 is 10.1 Å². The first kappa shape index (κ1) is 20.3. The van der Waals surface area contributed by atoms with E-state index < -0.39 is 0 Å². The second kappa shape index (κ2) is 8.83. The molecule has 6 heteroatoms. The third-order valence-electron chi connectivity index (χ3n) is 4.98. The normalized spacial score (nSPS) is 11.7. The number of nitrogens with zero attached hydrogens (tertiary/aromatic N) is 1. The van der Waals surface area contributed by atoms with Crippen LogP contribution in [0.3, 0.4) is 0 Å². The first-order valence-electron chi connectivity index (χ1n) is 9.81. The predicted octanol–water partition coefficient (Wildman–Crippen LogP) is 5.65. The molecule has 0 aliphatic rings. The highest BCUT2D eigenvalue weighted by Gasteiger charge is 2.19. The molecule has 0 aliphatic carbocycles. The van der Waals surface area contributed by atoms with Crippen molar-refractivity contribution >= 4 is 5.91 Å². The summed E-state index contributed by atoms with van der Waals surface area (Å²) in [5, 5.41) is 2.95. The van der Waals surface area contributed by atoms with Crippen molar-refractivity contribution in [2.24, 2.45) is 0 Å². The molecule has 0 bridgehead atoms. The first-order valence-corrected chi connectivity index (χ1v) is 9.81. The third-order valence-corrected chi connectivity index (χ3v) is 4.98. The quantitative estimate of drug-likeness (QED) is 0.441. The Hall–Kier alpha value is -3.93. The molecule has 0 unspecified atom stereocenters. The van der Waals surface area contributed by atoms with Crippen LogP contribution in [0.25, 0.3) is 22.8 Å². The zero-order valence-corrected chi connectivity index (χ0v) is 17.1. The number of ether oxygens (including phenoxy) is 1. The van der Waals surface area contributed by atoms with E-state index in [9.17, 15) is 9.18 Å². The molecule has 1 amide bonds. The third kappa shape index (κ3) is 4.48. The number of oxazole rings is 1. The summed E-state index contributed by atoms with van der Waals surface area (Å²) in [4.78, 5) is 17.4. The Morgan fingerprint density at radius 3 is 2.61 bits per heavy atom. The van der Waals surface area contributed by atoms with Crippen LogP contribution in [-0.2, 0) is 0 Å². The number of benzene rings is 3. The second-order valence-electron chi connectivity index (χ2n) is 7.05. The summed E-state index contributed by atoms with van der Waals surface area (Å²) in [6.45, 7) is 1.85. The zero-order valence-electron chi connectivity index (χ0n) is 17.1. The van der Waals surface area contributed by atoms with Crippen molar-refractivity contribution in [3.05, 3.63) is 95.9 Å². The van der Waals surface area contributed by atoms with E-state index in [0.29, 0.717) is 28.5 Å². The summed E-state index contributed by atoms with van der Waals surface area (Å²) >= 11 is 0. The summed E-state index contributed by atoms with van der Waals surface area (Å²) < 4.78 is 24.4. The molecule has 3 aromatic carbocycles. The van der Waals surface area contributed by atoms with Crippen LogP contribution in [0.1, 0.15) is 28.9 Å². The van der Waals surface area contributed by atoms with E-state index in [-0.39, 0.29) is 17.8 Å². The SMILES string of the molecule is COc1cccc(-c2cnc(-c3ccccc3C(=O)N[C@@H](C)c3ccc(F)cc3)o2)c1. The van der Waals surface area contributed by atoms with Gasteiger partial charge in [0.25, 0.3) is 5.91 Å². The van der Waals surface area contributed by atoms with E-state index in [2.05, 4.69) is 10.3 Å². The smallest absolute Gasteiger partial charge is 0.252 e. The minimum atomic E-state index is -0.316. The molecule has 0 aliphatic heterocycles. The van der Waals surface area contributed by atoms with E-state index in [0.717, 1.165) is 11.1 Å². The van der Waals surface area contributed by atoms with Gasteiger partial charge < -0.3 is 14.5 Å². The van der Waals surface area contributed by atoms with Crippen molar-refractivity contribution in [2.45, 2.75) is 13.0 Å². The molecule has 0 radical (unpaired) electrons. The lowest BCUT2D eigenvalue weighted by Crippen LogP contribution is -2.27. The van der Waals surface area contributed by atoms with Gasteiger partial charge in [-0.1, -0.05) is 36.4 Å². The van der Waals surface area contributed by atoms with Gasteiger partial charge in [0, 0.05) is 11.1 Å². The molecule has 1 aromatic heterocycles. The van der Waals surface area contributed by atoms with Gasteiger partial charge >= 0.3 is 0 Å². The van der Waals surface area contributed by atoms with Gasteiger partial charge in [-0.05, 0) is 48.9 Å². The van der Waals surface area contributed by atoms with Crippen molar-refractivity contribution in [3.63, 3.8) is 0 Å².